The van der Waals surface area contributed by atoms with Crippen molar-refractivity contribution in [1.29, 1.82) is 0 Å². The smallest absolute Gasteiger partial charge is 0.176 e. The molecule has 1 atom stereocenters. The predicted molar refractivity (Wildman–Crippen MR) is 92.8 cm³/mol. The van der Waals surface area contributed by atoms with Gasteiger partial charge in [-0.15, -0.1) is 0 Å². The lowest BCUT2D eigenvalue weighted by atomic mass is 9.98. The van der Waals surface area contributed by atoms with Gasteiger partial charge < -0.3 is 5.73 Å². The van der Waals surface area contributed by atoms with Gasteiger partial charge in [0.05, 0.1) is 16.1 Å². The van der Waals surface area contributed by atoms with Crippen LogP contribution in [0.4, 0.5) is 4.39 Å². The van der Waals surface area contributed by atoms with Crippen LogP contribution >= 0.6 is 0 Å². The van der Waals surface area contributed by atoms with Gasteiger partial charge in [0.15, 0.2) is 9.84 Å². The molecular formula is C18H17FN2O2S. The third kappa shape index (κ3) is 2.90. The van der Waals surface area contributed by atoms with E-state index in [1.807, 2.05) is 18.2 Å². The Kier molecular flexibility index (Phi) is 4.11. The van der Waals surface area contributed by atoms with Crippen molar-refractivity contribution in [3.8, 4) is 11.1 Å². The van der Waals surface area contributed by atoms with Crippen LogP contribution in [-0.4, -0.2) is 19.7 Å². The second-order valence-electron chi connectivity index (χ2n) is 5.79. The summed E-state index contributed by atoms with van der Waals surface area (Å²) in [5, 5.41) is 0.265. The maximum Gasteiger partial charge on any atom is 0.176 e. The number of benzene rings is 2. The molecule has 6 heteroatoms. The number of aromatic nitrogens is 1. The van der Waals surface area contributed by atoms with Crippen LogP contribution in [0.1, 0.15) is 18.7 Å². The quantitative estimate of drug-likeness (QED) is 0.790. The van der Waals surface area contributed by atoms with Crippen molar-refractivity contribution in [3.05, 3.63) is 60.0 Å². The maximum absolute atomic E-state index is 13.8. The predicted octanol–water partition coefficient (Wildman–Crippen LogP) is 3.46. The molecule has 3 rings (SSSR count). The van der Waals surface area contributed by atoms with Crippen LogP contribution in [0.3, 0.4) is 0 Å². The summed E-state index contributed by atoms with van der Waals surface area (Å²) in [6, 6.07) is 12.5. The van der Waals surface area contributed by atoms with Crippen LogP contribution in [0.25, 0.3) is 22.0 Å². The Bertz CT molecular complexity index is 1020. The van der Waals surface area contributed by atoms with Gasteiger partial charge in [-0.1, -0.05) is 30.3 Å². The van der Waals surface area contributed by atoms with Crippen molar-refractivity contribution >= 4 is 20.7 Å². The average Bonchev–Trinajstić information content (AvgIpc) is 2.52. The topological polar surface area (TPSA) is 73.0 Å². The van der Waals surface area contributed by atoms with E-state index in [9.17, 15) is 12.8 Å². The van der Waals surface area contributed by atoms with Crippen molar-refractivity contribution in [2.24, 2.45) is 5.73 Å². The van der Waals surface area contributed by atoms with Crippen LogP contribution in [-0.2, 0) is 9.84 Å². The molecular weight excluding hydrogens is 327 g/mol. The van der Waals surface area contributed by atoms with Gasteiger partial charge in [-0.2, -0.15) is 0 Å². The van der Waals surface area contributed by atoms with E-state index in [0.717, 1.165) is 6.26 Å². The normalized spacial score (nSPS) is 13.2. The molecule has 2 N–H and O–H groups in total. The number of nitrogens with zero attached hydrogens (tertiary/aromatic N) is 1. The first-order valence-electron chi connectivity index (χ1n) is 7.43. The fourth-order valence-corrected chi connectivity index (χ4v) is 3.98. The monoisotopic (exact) mass is 344 g/mol. The summed E-state index contributed by atoms with van der Waals surface area (Å²) in [5.41, 5.74) is 8.05. The third-order valence-electron chi connectivity index (χ3n) is 3.79. The maximum atomic E-state index is 13.8. The number of pyridine rings is 1. The second-order valence-corrected chi connectivity index (χ2v) is 7.74. The highest BCUT2D eigenvalue weighted by atomic mass is 32.2. The molecule has 24 heavy (non-hydrogen) atoms. The summed E-state index contributed by atoms with van der Waals surface area (Å²) in [6.45, 7) is 1.75. The summed E-state index contributed by atoms with van der Waals surface area (Å²) >= 11 is 0. The Morgan fingerprint density at radius 2 is 1.79 bits per heavy atom. The van der Waals surface area contributed by atoms with Crippen LogP contribution in [0.2, 0.25) is 0 Å². The highest BCUT2D eigenvalue weighted by Crippen LogP contribution is 2.37. The Morgan fingerprint density at radius 1 is 1.12 bits per heavy atom. The van der Waals surface area contributed by atoms with E-state index < -0.39 is 21.7 Å². The van der Waals surface area contributed by atoms with Gasteiger partial charge in [0.2, 0.25) is 0 Å². The van der Waals surface area contributed by atoms with E-state index >= 15 is 0 Å². The highest BCUT2D eigenvalue weighted by molar-refractivity contribution is 7.91. The number of rotatable bonds is 3. The summed E-state index contributed by atoms with van der Waals surface area (Å²) < 4.78 is 38.8. The second kappa shape index (κ2) is 5.96. The molecule has 1 unspecified atom stereocenters. The number of hydrogen-bond donors (Lipinski definition) is 1. The van der Waals surface area contributed by atoms with Crippen LogP contribution < -0.4 is 5.73 Å². The van der Waals surface area contributed by atoms with Crippen molar-refractivity contribution in [2.75, 3.05) is 6.26 Å². The molecule has 4 nitrogen and oxygen atoms in total. The molecule has 0 saturated heterocycles. The fourth-order valence-electron chi connectivity index (χ4n) is 2.82. The van der Waals surface area contributed by atoms with Crippen molar-refractivity contribution in [2.45, 2.75) is 17.9 Å². The van der Waals surface area contributed by atoms with E-state index in [1.165, 1.54) is 18.2 Å². The van der Waals surface area contributed by atoms with E-state index in [2.05, 4.69) is 4.98 Å². The van der Waals surface area contributed by atoms with Crippen LogP contribution in [0.15, 0.2) is 53.4 Å². The highest BCUT2D eigenvalue weighted by Gasteiger charge is 2.25. The van der Waals surface area contributed by atoms with Gasteiger partial charge >= 0.3 is 0 Å². The SMILES string of the molecule is CC(N)c1nc2ccc(F)cc2c(S(C)(=O)=O)c1-c1ccccc1. The minimum atomic E-state index is -3.64. The average molecular weight is 344 g/mol. The summed E-state index contributed by atoms with van der Waals surface area (Å²) in [6.07, 6.45) is 1.12. The van der Waals surface area contributed by atoms with E-state index in [-0.39, 0.29) is 10.3 Å². The molecule has 1 aromatic heterocycles. The zero-order valence-electron chi connectivity index (χ0n) is 13.3. The Labute approximate surface area is 140 Å². The Balaban J connectivity index is 2.58. The summed E-state index contributed by atoms with van der Waals surface area (Å²) in [7, 11) is -3.64. The zero-order chi connectivity index (χ0) is 17.5. The minimum absolute atomic E-state index is 0.0606. The third-order valence-corrected chi connectivity index (χ3v) is 4.96. The fraction of sp³-hybridized carbons (Fsp3) is 0.167. The molecule has 0 bridgehead atoms. The van der Waals surface area contributed by atoms with Gasteiger partial charge in [-0.3, -0.25) is 4.98 Å². The molecule has 0 aliphatic heterocycles. The van der Waals surface area contributed by atoms with Crippen LogP contribution in [0, 0.1) is 5.82 Å². The largest absolute Gasteiger partial charge is 0.323 e. The van der Waals surface area contributed by atoms with Crippen molar-refractivity contribution in [3.63, 3.8) is 0 Å². The molecule has 1 heterocycles. The van der Waals surface area contributed by atoms with Crippen molar-refractivity contribution < 1.29 is 12.8 Å². The molecule has 2 aromatic carbocycles. The number of hydrogen-bond acceptors (Lipinski definition) is 4. The number of fused-ring (bicyclic) bond motifs is 1. The molecule has 0 spiro atoms. The molecule has 0 aliphatic carbocycles. The van der Waals surface area contributed by atoms with Gasteiger partial charge in [-0.25, -0.2) is 12.8 Å². The molecule has 0 fully saturated rings. The molecule has 3 aromatic rings. The lowest BCUT2D eigenvalue weighted by Gasteiger charge is -2.18. The van der Waals surface area contributed by atoms with Gasteiger partial charge in [0, 0.05) is 23.2 Å². The molecule has 0 amide bonds. The number of sulfone groups is 1. The minimum Gasteiger partial charge on any atom is -0.323 e. The van der Waals surface area contributed by atoms with Gasteiger partial charge in [0.25, 0.3) is 0 Å². The lowest BCUT2D eigenvalue weighted by molar-refractivity contribution is 0.602. The summed E-state index contributed by atoms with van der Waals surface area (Å²) in [4.78, 5) is 4.57. The molecule has 124 valence electrons. The van der Waals surface area contributed by atoms with E-state index in [1.54, 1.807) is 19.1 Å². The van der Waals surface area contributed by atoms with Crippen molar-refractivity contribution in [1.82, 2.24) is 4.98 Å². The lowest BCUT2D eigenvalue weighted by Crippen LogP contribution is -2.13. The van der Waals surface area contributed by atoms with Crippen LogP contribution in [0.5, 0.6) is 0 Å². The molecule has 0 radical (unpaired) electrons. The Morgan fingerprint density at radius 3 is 2.38 bits per heavy atom. The Hall–Kier alpha value is -2.31. The first-order chi connectivity index (χ1) is 11.3. The summed E-state index contributed by atoms with van der Waals surface area (Å²) in [5.74, 6) is -0.512. The standard InChI is InChI=1S/C18H17FN2O2S/c1-11(20)17-16(12-6-4-3-5-7-12)18(24(2,22)23)14-10-13(19)8-9-15(14)21-17/h3-11H,20H2,1-2H3. The van der Waals surface area contributed by atoms with E-state index in [0.29, 0.717) is 22.3 Å². The van der Waals surface area contributed by atoms with E-state index in [4.69, 9.17) is 5.73 Å². The molecule has 0 aliphatic rings. The number of halogens is 1. The zero-order valence-corrected chi connectivity index (χ0v) is 14.1. The van der Waals surface area contributed by atoms with Gasteiger partial charge in [-0.05, 0) is 30.7 Å². The first kappa shape index (κ1) is 16.5. The number of nitrogens with two attached hydrogens (primary N) is 1. The first-order valence-corrected chi connectivity index (χ1v) is 9.32. The van der Waals surface area contributed by atoms with Gasteiger partial charge in [0.1, 0.15) is 5.82 Å². The molecule has 0 saturated carbocycles.